The van der Waals surface area contributed by atoms with Gasteiger partial charge in [0.2, 0.25) is 0 Å². The van der Waals surface area contributed by atoms with Crippen LogP contribution in [0.4, 0.5) is 11.4 Å². The molecule has 0 saturated heterocycles. The highest BCUT2D eigenvalue weighted by Gasteiger charge is 2.28. The first-order valence-corrected chi connectivity index (χ1v) is 11.5. The summed E-state index contributed by atoms with van der Waals surface area (Å²) < 4.78 is 35.4. The van der Waals surface area contributed by atoms with Gasteiger partial charge in [0.15, 0.2) is 0 Å². The van der Waals surface area contributed by atoms with Crippen LogP contribution in [-0.4, -0.2) is 26.0 Å². The van der Waals surface area contributed by atoms with Crippen LogP contribution in [0.2, 0.25) is 0 Å². The molecule has 1 amide bonds. The predicted molar refractivity (Wildman–Crippen MR) is 120 cm³/mol. The number of nitrogens with one attached hydrogen (secondary N) is 2. The summed E-state index contributed by atoms with van der Waals surface area (Å²) in [6.45, 7) is 3.97. The third-order valence-corrected chi connectivity index (χ3v) is 6.80. The van der Waals surface area contributed by atoms with E-state index in [-0.39, 0.29) is 10.8 Å². The number of benzene rings is 2. The van der Waals surface area contributed by atoms with Crippen molar-refractivity contribution in [2.24, 2.45) is 0 Å². The Balaban J connectivity index is 1.49. The van der Waals surface area contributed by atoms with E-state index in [0.717, 1.165) is 24.2 Å². The van der Waals surface area contributed by atoms with Gasteiger partial charge >= 0.3 is 0 Å². The van der Waals surface area contributed by atoms with E-state index in [9.17, 15) is 13.2 Å². The maximum Gasteiger partial charge on any atom is 0.262 e. The highest BCUT2D eigenvalue weighted by atomic mass is 32.2. The first-order chi connectivity index (χ1) is 14.8. The summed E-state index contributed by atoms with van der Waals surface area (Å²) in [5.74, 6) is 0.224. The molecule has 1 heterocycles. The highest BCUT2D eigenvalue weighted by molar-refractivity contribution is 7.92. The number of ether oxygens (including phenoxy) is 1. The topological polar surface area (TPSA) is 89.4 Å². The van der Waals surface area contributed by atoms with Gasteiger partial charge in [-0.25, -0.2) is 8.42 Å². The van der Waals surface area contributed by atoms with Gasteiger partial charge < -0.3 is 14.6 Å². The summed E-state index contributed by atoms with van der Waals surface area (Å²) in [5.41, 5.74) is 3.55. The summed E-state index contributed by atoms with van der Waals surface area (Å²) in [5, 5.41) is 2.86. The molecule has 162 valence electrons. The van der Waals surface area contributed by atoms with Gasteiger partial charge in [-0.2, -0.15) is 0 Å². The van der Waals surface area contributed by atoms with Crippen molar-refractivity contribution < 1.29 is 17.9 Å². The Morgan fingerprint density at radius 3 is 2.39 bits per heavy atom. The molecule has 2 aromatic carbocycles. The molecular weight excluding hydrogens is 414 g/mol. The van der Waals surface area contributed by atoms with E-state index in [1.54, 1.807) is 36.4 Å². The Hall–Kier alpha value is -3.26. The monoisotopic (exact) mass is 439 g/mol. The normalized spacial score (nSPS) is 13.6. The van der Waals surface area contributed by atoms with E-state index >= 15 is 0 Å². The van der Waals surface area contributed by atoms with Crippen LogP contribution in [0.1, 0.15) is 40.6 Å². The number of amides is 1. The number of hydrogen-bond donors (Lipinski definition) is 2. The number of nitrogens with zero attached hydrogens (tertiary/aromatic N) is 1. The molecule has 1 aromatic heterocycles. The lowest BCUT2D eigenvalue weighted by Crippen LogP contribution is -2.15. The van der Waals surface area contributed by atoms with E-state index in [1.165, 1.54) is 19.2 Å². The van der Waals surface area contributed by atoms with Crippen LogP contribution in [0.25, 0.3) is 0 Å². The number of para-hydroxylation sites is 2. The summed E-state index contributed by atoms with van der Waals surface area (Å²) >= 11 is 0. The number of hydrogen-bond acceptors (Lipinski definition) is 4. The van der Waals surface area contributed by atoms with E-state index in [4.69, 9.17) is 4.74 Å². The van der Waals surface area contributed by atoms with Crippen LogP contribution >= 0.6 is 0 Å². The quantitative estimate of drug-likeness (QED) is 0.567. The van der Waals surface area contributed by atoms with Crippen molar-refractivity contribution >= 4 is 27.3 Å². The zero-order chi connectivity index (χ0) is 22.2. The lowest BCUT2D eigenvalue weighted by molar-refractivity contribution is 0.102. The first kappa shape index (κ1) is 21.0. The summed E-state index contributed by atoms with van der Waals surface area (Å²) in [6.07, 6.45) is 2.30. The third kappa shape index (κ3) is 4.29. The number of methoxy groups -OCH3 is 1. The summed E-state index contributed by atoms with van der Waals surface area (Å²) in [7, 11) is -2.32. The minimum atomic E-state index is -3.80. The average Bonchev–Trinajstić information content (AvgIpc) is 3.52. The van der Waals surface area contributed by atoms with Crippen molar-refractivity contribution in [3.05, 3.63) is 71.5 Å². The highest BCUT2D eigenvalue weighted by Crippen LogP contribution is 2.38. The maximum absolute atomic E-state index is 12.8. The SMILES string of the molecule is COc1ccccc1NS(=O)(=O)c1ccc(NC(=O)c2cc(C)n(C3CC3)c2C)cc1. The van der Waals surface area contributed by atoms with E-state index in [0.29, 0.717) is 28.7 Å². The number of anilines is 2. The average molecular weight is 440 g/mol. The Morgan fingerprint density at radius 1 is 1.06 bits per heavy atom. The zero-order valence-electron chi connectivity index (χ0n) is 17.7. The second-order valence-electron chi connectivity index (χ2n) is 7.67. The van der Waals surface area contributed by atoms with Crippen LogP contribution in [0.5, 0.6) is 5.75 Å². The lowest BCUT2D eigenvalue weighted by atomic mass is 10.2. The molecule has 0 unspecified atom stereocenters. The van der Waals surface area contributed by atoms with Gasteiger partial charge in [-0.15, -0.1) is 0 Å². The fourth-order valence-electron chi connectivity index (χ4n) is 3.75. The minimum absolute atomic E-state index is 0.0864. The van der Waals surface area contributed by atoms with Crippen molar-refractivity contribution in [1.29, 1.82) is 0 Å². The first-order valence-electron chi connectivity index (χ1n) is 10.1. The number of sulfonamides is 1. The van der Waals surface area contributed by atoms with Crippen molar-refractivity contribution in [1.82, 2.24) is 4.57 Å². The Bertz CT molecular complexity index is 1230. The largest absolute Gasteiger partial charge is 0.495 e. The minimum Gasteiger partial charge on any atom is -0.495 e. The van der Waals surface area contributed by atoms with E-state index < -0.39 is 10.0 Å². The van der Waals surface area contributed by atoms with Crippen LogP contribution < -0.4 is 14.8 Å². The molecule has 0 radical (unpaired) electrons. The molecule has 1 saturated carbocycles. The molecule has 0 bridgehead atoms. The Kier molecular flexibility index (Phi) is 5.49. The molecule has 4 rings (SSSR count). The molecule has 0 atom stereocenters. The summed E-state index contributed by atoms with van der Waals surface area (Å²) in [4.78, 5) is 12.9. The van der Waals surface area contributed by atoms with E-state index in [1.807, 2.05) is 19.9 Å². The van der Waals surface area contributed by atoms with Crippen LogP contribution in [0.3, 0.4) is 0 Å². The number of aromatic nitrogens is 1. The molecule has 31 heavy (non-hydrogen) atoms. The second kappa shape index (κ2) is 8.11. The van der Waals surface area contributed by atoms with E-state index in [2.05, 4.69) is 14.6 Å². The van der Waals surface area contributed by atoms with Gasteiger partial charge in [0.05, 0.1) is 23.3 Å². The molecule has 1 aliphatic carbocycles. The molecule has 0 aliphatic heterocycles. The second-order valence-corrected chi connectivity index (χ2v) is 9.35. The Labute approximate surface area is 182 Å². The van der Waals surface area contributed by atoms with Gasteiger partial charge in [0.1, 0.15) is 5.75 Å². The standard InChI is InChI=1S/C23H25N3O4S/c1-15-14-20(16(2)26(15)18-10-11-18)23(27)24-17-8-12-19(13-9-17)31(28,29)25-21-6-4-5-7-22(21)30-3/h4-9,12-14,18,25H,10-11H2,1-3H3,(H,24,27). The van der Waals surface area contributed by atoms with Gasteiger partial charge in [-0.1, -0.05) is 12.1 Å². The molecule has 1 fully saturated rings. The van der Waals surface area contributed by atoms with Crippen LogP contribution in [-0.2, 0) is 10.0 Å². The fourth-order valence-corrected chi connectivity index (χ4v) is 4.82. The molecule has 8 heteroatoms. The Morgan fingerprint density at radius 2 is 1.74 bits per heavy atom. The fraction of sp³-hybridized carbons (Fsp3) is 0.261. The molecule has 1 aliphatic rings. The third-order valence-electron chi connectivity index (χ3n) is 5.41. The smallest absolute Gasteiger partial charge is 0.262 e. The molecule has 7 nitrogen and oxygen atoms in total. The van der Waals surface area contributed by atoms with Crippen LogP contribution in [0, 0.1) is 13.8 Å². The summed E-state index contributed by atoms with van der Waals surface area (Å²) in [6, 6.07) is 15.3. The van der Waals surface area contributed by atoms with Gasteiger partial charge in [-0.05, 0) is 69.2 Å². The van der Waals surface area contributed by atoms with Crippen molar-refractivity contribution in [3.63, 3.8) is 0 Å². The van der Waals surface area contributed by atoms with Crippen molar-refractivity contribution in [2.45, 2.75) is 37.6 Å². The molecule has 0 spiro atoms. The number of rotatable bonds is 7. The molecular formula is C23H25N3O4S. The van der Waals surface area contributed by atoms with Gasteiger partial charge in [-0.3, -0.25) is 9.52 Å². The molecule has 3 aromatic rings. The van der Waals surface area contributed by atoms with Gasteiger partial charge in [0, 0.05) is 23.1 Å². The van der Waals surface area contributed by atoms with Gasteiger partial charge in [0.25, 0.3) is 15.9 Å². The zero-order valence-corrected chi connectivity index (χ0v) is 18.5. The van der Waals surface area contributed by atoms with Crippen molar-refractivity contribution in [3.8, 4) is 5.75 Å². The number of carbonyl (C=O) groups excluding carboxylic acids is 1. The predicted octanol–water partition coefficient (Wildman–Crippen LogP) is 4.50. The maximum atomic E-state index is 12.8. The van der Waals surface area contributed by atoms with Crippen molar-refractivity contribution in [2.75, 3.05) is 17.1 Å². The number of carbonyl (C=O) groups is 1. The number of aryl methyl sites for hydroxylation is 1. The lowest BCUT2D eigenvalue weighted by Gasteiger charge is -2.12. The van der Waals surface area contributed by atoms with Crippen LogP contribution in [0.15, 0.2) is 59.5 Å². The molecule has 2 N–H and O–H groups in total.